The minimum absolute atomic E-state index is 0.436. The molecular formula is C12H27NO. The first-order valence-corrected chi connectivity index (χ1v) is 6.08. The average Bonchev–Trinajstić information content (AvgIpc) is 2.21. The van der Waals surface area contributed by atoms with Gasteiger partial charge in [-0.25, -0.2) is 0 Å². The Kier molecular flexibility index (Phi) is 9.42. The normalized spacial score (nSPS) is 13.5. The second kappa shape index (κ2) is 9.47. The van der Waals surface area contributed by atoms with E-state index in [9.17, 15) is 0 Å². The summed E-state index contributed by atoms with van der Waals surface area (Å²) in [7, 11) is 0. The van der Waals surface area contributed by atoms with Crippen molar-refractivity contribution in [3.63, 3.8) is 0 Å². The quantitative estimate of drug-likeness (QED) is 0.569. The lowest BCUT2D eigenvalue weighted by atomic mass is 10.2. The van der Waals surface area contributed by atoms with Crippen molar-refractivity contribution >= 4 is 0 Å². The molecule has 1 atom stereocenters. The third kappa shape index (κ3) is 7.34. The minimum Gasteiger partial charge on any atom is -0.379 e. The van der Waals surface area contributed by atoms with Crippen molar-refractivity contribution in [1.29, 1.82) is 0 Å². The van der Waals surface area contributed by atoms with Crippen LogP contribution in [0.15, 0.2) is 0 Å². The Hall–Kier alpha value is -0.0800. The maximum absolute atomic E-state index is 5.62. The van der Waals surface area contributed by atoms with Gasteiger partial charge in [0.05, 0.1) is 6.10 Å². The molecule has 0 fully saturated rings. The molecule has 0 aromatic rings. The van der Waals surface area contributed by atoms with Gasteiger partial charge in [0.2, 0.25) is 0 Å². The summed E-state index contributed by atoms with van der Waals surface area (Å²) in [4.78, 5) is 2.46. The van der Waals surface area contributed by atoms with Crippen LogP contribution in [0.4, 0.5) is 0 Å². The first-order chi connectivity index (χ1) is 6.74. The summed E-state index contributed by atoms with van der Waals surface area (Å²) in [6.45, 7) is 13.2. The molecule has 0 aromatic carbocycles. The van der Waals surface area contributed by atoms with Crippen LogP contribution < -0.4 is 0 Å². The van der Waals surface area contributed by atoms with E-state index in [1.54, 1.807) is 0 Å². The van der Waals surface area contributed by atoms with Gasteiger partial charge in [-0.05, 0) is 45.8 Å². The van der Waals surface area contributed by atoms with Gasteiger partial charge >= 0.3 is 0 Å². The van der Waals surface area contributed by atoms with Crippen molar-refractivity contribution in [3.8, 4) is 0 Å². The number of rotatable bonds is 9. The lowest BCUT2D eigenvalue weighted by molar-refractivity contribution is 0.0574. The molecular weight excluding hydrogens is 174 g/mol. The van der Waals surface area contributed by atoms with Crippen molar-refractivity contribution in [2.75, 3.05) is 26.2 Å². The molecule has 14 heavy (non-hydrogen) atoms. The zero-order chi connectivity index (χ0) is 10.8. The van der Waals surface area contributed by atoms with Gasteiger partial charge in [0.15, 0.2) is 0 Å². The number of nitrogens with zero attached hydrogens (tertiary/aromatic N) is 1. The Balaban J connectivity index is 3.33. The fraction of sp³-hybridized carbons (Fsp3) is 1.00. The molecule has 0 saturated heterocycles. The molecule has 0 N–H and O–H groups in total. The van der Waals surface area contributed by atoms with Crippen LogP contribution in [0.1, 0.15) is 47.0 Å². The molecule has 0 bridgehead atoms. The first kappa shape index (κ1) is 13.9. The molecule has 0 amide bonds. The molecule has 2 nitrogen and oxygen atoms in total. The smallest absolute Gasteiger partial charge is 0.0547 e. The van der Waals surface area contributed by atoms with E-state index in [-0.39, 0.29) is 0 Å². The molecule has 0 aliphatic rings. The SMILES string of the molecule is CCCOC(C)CCCN(CC)CC. The van der Waals surface area contributed by atoms with Crippen LogP contribution in [0, 0.1) is 0 Å². The third-order valence-corrected chi connectivity index (χ3v) is 2.59. The topological polar surface area (TPSA) is 12.5 Å². The fourth-order valence-corrected chi connectivity index (χ4v) is 1.54. The Bertz CT molecular complexity index is 113. The fourth-order valence-electron chi connectivity index (χ4n) is 1.54. The summed E-state index contributed by atoms with van der Waals surface area (Å²) in [5.74, 6) is 0. The van der Waals surface area contributed by atoms with E-state index in [4.69, 9.17) is 4.74 Å². The van der Waals surface area contributed by atoms with E-state index >= 15 is 0 Å². The van der Waals surface area contributed by atoms with E-state index in [1.807, 2.05) is 0 Å². The molecule has 0 aromatic heterocycles. The van der Waals surface area contributed by atoms with Crippen LogP contribution in [0.25, 0.3) is 0 Å². The Morgan fingerprint density at radius 1 is 1.14 bits per heavy atom. The number of hydrogen-bond acceptors (Lipinski definition) is 2. The molecule has 0 heterocycles. The van der Waals surface area contributed by atoms with Crippen LogP contribution >= 0.6 is 0 Å². The van der Waals surface area contributed by atoms with Gasteiger partial charge in [-0.15, -0.1) is 0 Å². The summed E-state index contributed by atoms with van der Waals surface area (Å²) < 4.78 is 5.62. The van der Waals surface area contributed by atoms with E-state index in [2.05, 4.69) is 32.6 Å². The van der Waals surface area contributed by atoms with Crippen molar-refractivity contribution in [3.05, 3.63) is 0 Å². The average molecular weight is 201 g/mol. The summed E-state index contributed by atoms with van der Waals surface area (Å²) in [5.41, 5.74) is 0. The highest BCUT2D eigenvalue weighted by Crippen LogP contribution is 2.03. The van der Waals surface area contributed by atoms with E-state index < -0.39 is 0 Å². The minimum atomic E-state index is 0.436. The van der Waals surface area contributed by atoms with Crippen molar-refractivity contribution < 1.29 is 4.74 Å². The van der Waals surface area contributed by atoms with Gasteiger partial charge in [0, 0.05) is 6.61 Å². The maximum atomic E-state index is 5.62. The van der Waals surface area contributed by atoms with Gasteiger partial charge in [-0.2, -0.15) is 0 Å². The van der Waals surface area contributed by atoms with Gasteiger partial charge in [0.25, 0.3) is 0 Å². The molecule has 0 saturated carbocycles. The second-order valence-electron chi connectivity index (χ2n) is 3.85. The lowest BCUT2D eigenvalue weighted by Gasteiger charge is -2.19. The first-order valence-electron chi connectivity index (χ1n) is 6.08. The molecule has 0 spiro atoms. The van der Waals surface area contributed by atoms with Crippen molar-refractivity contribution in [1.82, 2.24) is 4.90 Å². The Morgan fingerprint density at radius 2 is 1.79 bits per heavy atom. The zero-order valence-electron chi connectivity index (χ0n) is 10.4. The standard InChI is InChI=1S/C12H27NO/c1-5-11-14-12(4)9-8-10-13(6-2)7-3/h12H,5-11H2,1-4H3. The van der Waals surface area contributed by atoms with Gasteiger partial charge in [-0.1, -0.05) is 20.8 Å². The largest absolute Gasteiger partial charge is 0.379 e. The Morgan fingerprint density at radius 3 is 2.29 bits per heavy atom. The van der Waals surface area contributed by atoms with Crippen LogP contribution in [0.3, 0.4) is 0 Å². The highest BCUT2D eigenvalue weighted by Gasteiger charge is 2.03. The van der Waals surface area contributed by atoms with Crippen LogP contribution in [-0.4, -0.2) is 37.2 Å². The molecule has 0 radical (unpaired) electrons. The molecule has 1 unspecified atom stereocenters. The summed E-state index contributed by atoms with van der Waals surface area (Å²) >= 11 is 0. The molecule has 0 aliphatic heterocycles. The summed E-state index contributed by atoms with van der Waals surface area (Å²) in [6, 6.07) is 0. The predicted molar refractivity (Wildman–Crippen MR) is 62.7 cm³/mol. The molecule has 86 valence electrons. The van der Waals surface area contributed by atoms with E-state index in [1.165, 1.54) is 32.5 Å². The number of hydrogen-bond donors (Lipinski definition) is 0. The van der Waals surface area contributed by atoms with Crippen molar-refractivity contribution in [2.24, 2.45) is 0 Å². The maximum Gasteiger partial charge on any atom is 0.0547 e. The molecule has 2 heteroatoms. The van der Waals surface area contributed by atoms with Crippen LogP contribution in [0.2, 0.25) is 0 Å². The van der Waals surface area contributed by atoms with Gasteiger partial charge in [-0.3, -0.25) is 0 Å². The van der Waals surface area contributed by atoms with E-state index in [0.29, 0.717) is 6.10 Å². The Labute approximate surface area is 89.6 Å². The van der Waals surface area contributed by atoms with E-state index in [0.717, 1.165) is 13.0 Å². The highest BCUT2D eigenvalue weighted by atomic mass is 16.5. The predicted octanol–water partition coefficient (Wildman–Crippen LogP) is 2.92. The lowest BCUT2D eigenvalue weighted by Crippen LogP contribution is -2.24. The monoisotopic (exact) mass is 201 g/mol. The zero-order valence-corrected chi connectivity index (χ0v) is 10.4. The van der Waals surface area contributed by atoms with Crippen LogP contribution in [-0.2, 0) is 4.74 Å². The molecule has 0 aliphatic carbocycles. The summed E-state index contributed by atoms with van der Waals surface area (Å²) in [6.07, 6.45) is 4.01. The van der Waals surface area contributed by atoms with Crippen LogP contribution in [0.5, 0.6) is 0 Å². The second-order valence-corrected chi connectivity index (χ2v) is 3.85. The van der Waals surface area contributed by atoms with Gasteiger partial charge in [0.1, 0.15) is 0 Å². The number of ether oxygens (including phenoxy) is 1. The molecule has 0 rings (SSSR count). The third-order valence-electron chi connectivity index (χ3n) is 2.59. The van der Waals surface area contributed by atoms with Gasteiger partial charge < -0.3 is 9.64 Å². The van der Waals surface area contributed by atoms with Crippen molar-refractivity contribution in [2.45, 2.75) is 53.1 Å². The highest BCUT2D eigenvalue weighted by molar-refractivity contribution is 4.56. The summed E-state index contributed by atoms with van der Waals surface area (Å²) in [5, 5.41) is 0.